The fourth-order valence-electron chi connectivity index (χ4n) is 2.04. The molecule has 0 atom stereocenters. The molecule has 6 heteroatoms. The largest absolute Gasteiger partial charge is 0.456 e. The normalized spacial score (nSPS) is 10.0. The summed E-state index contributed by atoms with van der Waals surface area (Å²) in [5.74, 6) is -0.907. The zero-order valence-electron chi connectivity index (χ0n) is 13.9. The van der Waals surface area contributed by atoms with E-state index in [4.69, 9.17) is 4.74 Å². The number of nitrogens with one attached hydrogen (secondary N) is 1. The van der Waals surface area contributed by atoms with Gasteiger partial charge in [0.05, 0.1) is 0 Å². The van der Waals surface area contributed by atoms with Crippen LogP contribution in [-0.4, -0.2) is 42.4 Å². The number of carbonyl (C=O) groups is 3. The van der Waals surface area contributed by atoms with Crippen LogP contribution in [0.5, 0.6) is 0 Å². The van der Waals surface area contributed by atoms with Crippen LogP contribution < -0.4 is 5.32 Å². The highest BCUT2D eigenvalue weighted by Crippen LogP contribution is 2.13. The van der Waals surface area contributed by atoms with Crippen molar-refractivity contribution in [2.24, 2.45) is 0 Å². The Hall–Kier alpha value is -2.37. The number of carbonyl (C=O) groups excluding carboxylic acids is 3. The quantitative estimate of drug-likeness (QED) is 0.747. The second-order valence-corrected chi connectivity index (χ2v) is 5.02. The highest BCUT2D eigenvalue weighted by molar-refractivity contribution is 5.97. The van der Waals surface area contributed by atoms with Crippen molar-refractivity contribution in [1.82, 2.24) is 4.90 Å². The molecule has 0 heterocycles. The third-order valence-corrected chi connectivity index (χ3v) is 3.26. The lowest BCUT2D eigenvalue weighted by atomic mass is 10.1. The van der Waals surface area contributed by atoms with Crippen molar-refractivity contribution in [2.75, 3.05) is 25.0 Å². The van der Waals surface area contributed by atoms with Gasteiger partial charge in [-0.2, -0.15) is 0 Å². The molecule has 0 unspecified atom stereocenters. The van der Waals surface area contributed by atoms with E-state index >= 15 is 0 Å². The smallest absolute Gasteiger partial charge is 0.306 e. The Balaban J connectivity index is 2.65. The van der Waals surface area contributed by atoms with E-state index in [2.05, 4.69) is 5.32 Å². The number of nitrogens with zero attached hydrogens (tertiary/aromatic N) is 1. The Morgan fingerprint density at radius 3 is 2.43 bits per heavy atom. The van der Waals surface area contributed by atoms with Gasteiger partial charge in [0.25, 0.3) is 11.8 Å². The van der Waals surface area contributed by atoms with Gasteiger partial charge in [-0.3, -0.25) is 14.4 Å². The maximum atomic E-state index is 12.3. The molecule has 0 radical (unpaired) electrons. The number of ether oxygens (including phenoxy) is 1. The Labute approximate surface area is 136 Å². The molecule has 1 rings (SSSR count). The van der Waals surface area contributed by atoms with Crippen LogP contribution in [0.3, 0.4) is 0 Å². The van der Waals surface area contributed by atoms with Crippen LogP contribution in [0.2, 0.25) is 0 Å². The number of esters is 1. The summed E-state index contributed by atoms with van der Waals surface area (Å²) in [7, 11) is 0. The van der Waals surface area contributed by atoms with E-state index in [1.54, 1.807) is 29.2 Å². The van der Waals surface area contributed by atoms with E-state index in [9.17, 15) is 14.4 Å². The SMILES string of the molecule is CCCC(=O)OCC(=O)Nc1cccc(C(=O)N(CC)CC)c1. The average molecular weight is 320 g/mol. The molecule has 1 N–H and O–H groups in total. The summed E-state index contributed by atoms with van der Waals surface area (Å²) in [5, 5.41) is 2.62. The first-order valence-electron chi connectivity index (χ1n) is 7.86. The maximum absolute atomic E-state index is 12.3. The highest BCUT2D eigenvalue weighted by atomic mass is 16.5. The number of anilines is 1. The van der Waals surface area contributed by atoms with Gasteiger partial charge in [-0.05, 0) is 38.5 Å². The number of hydrogen-bond donors (Lipinski definition) is 1. The van der Waals surface area contributed by atoms with Gasteiger partial charge < -0.3 is 15.0 Å². The maximum Gasteiger partial charge on any atom is 0.306 e. The second kappa shape index (κ2) is 9.61. The zero-order chi connectivity index (χ0) is 17.2. The average Bonchev–Trinajstić information content (AvgIpc) is 2.54. The number of hydrogen-bond acceptors (Lipinski definition) is 4. The summed E-state index contributed by atoms with van der Waals surface area (Å²) in [4.78, 5) is 37.0. The molecule has 126 valence electrons. The summed E-state index contributed by atoms with van der Waals surface area (Å²) in [6.07, 6.45) is 0.969. The molecular formula is C17H24N2O4. The van der Waals surface area contributed by atoms with Crippen molar-refractivity contribution < 1.29 is 19.1 Å². The lowest BCUT2D eigenvalue weighted by Gasteiger charge is -2.19. The Bertz CT molecular complexity index is 553. The second-order valence-electron chi connectivity index (χ2n) is 5.02. The molecule has 0 fully saturated rings. The molecule has 0 spiro atoms. The molecular weight excluding hydrogens is 296 g/mol. The van der Waals surface area contributed by atoms with E-state index in [1.807, 2.05) is 20.8 Å². The van der Waals surface area contributed by atoms with Gasteiger partial charge in [0.15, 0.2) is 6.61 Å². The summed E-state index contributed by atoms with van der Waals surface area (Å²) < 4.78 is 4.84. The standard InChI is InChI=1S/C17H24N2O4/c1-4-8-16(21)23-12-15(20)18-14-10-7-9-13(11-14)17(22)19(5-2)6-3/h7,9-11H,4-6,8,12H2,1-3H3,(H,18,20). The van der Waals surface area contributed by atoms with Crippen molar-refractivity contribution in [3.63, 3.8) is 0 Å². The first-order chi connectivity index (χ1) is 11.0. The van der Waals surface area contributed by atoms with Gasteiger partial charge >= 0.3 is 5.97 Å². The molecule has 0 saturated heterocycles. The molecule has 1 aromatic carbocycles. The lowest BCUT2D eigenvalue weighted by molar-refractivity contribution is -0.147. The predicted octanol–water partition coefficient (Wildman–Crippen LogP) is 2.45. The molecule has 0 saturated carbocycles. The third-order valence-electron chi connectivity index (χ3n) is 3.26. The first-order valence-corrected chi connectivity index (χ1v) is 7.86. The van der Waals surface area contributed by atoms with Gasteiger partial charge in [0.2, 0.25) is 0 Å². The Morgan fingerprint density at radius 1 is 1.13 bits per heavy atom. The number of rotatable bonds is 8. The topological polar surface area (TPSA) is 75.7 Å². The number of benzene rings is 1. The van der Waals surface area contributed by atoms with E-state index in [1.165, 1.54) is 0 Å². The van der Waals surface area contributed by atoms with Gasteiger partial charge in [-0.1, -0.05) is 13.0 Å². The first kappa shape index (κ1) is 18.7. The molecule has 0 aliphatic heterocycles. The summed E-state index contributed by atoms with van der Waals surface area (Å²) in [5.41, 5.74) is 1.01. The minimum atomic E-state index is -0.429. The van der Waals surface area contributed by atoms with E-state index < -0.39 is 11.9 Å². The molecule has 1 aromatic rings. The minimum absolute atomic E-state index is 0.0829. The van der Waals surface area contributed by atoms with Crippen molar-refractivity contribution >= 4 is 23.5 Å². The Kier molecular flexibility index (Phi) is 7.80. The molecule has 0 aliphatic carbocycles. The monoisotopic (exact) mass is 320 g/mol. The molecule has 23 heavy (non-hydrogen) atoms. The zero-order valence-corrected chi connectivity index (χ0v) is 13.9. The summed E-state index contributed by atoms with van der Waals surface area (Å²) in [6, 6.07) is 6.71. The van der Waals surface area contributed by atoms with Crippen LogP contribution in [0.15, 0.2) is 24.3 Å². The van der Waals surface area contributed by atoms with Gasteiger partial charge in [0, 0.05) is 30.8 Å². The number of amides is 2. The summed E-state index contributed by atoms with van der Waals surface area (Å²) in [6.45, 7) is 6.61. The fourth-order valence-corrected chi connectivity index (χ4v) is 2.04. The van der Waals surface area contributed by atoms with Crippen LogP contribution in [0.4, 0.5) is 5.69 Å². The van der Waals surface area contributed by atoms with Crippen LogP contribution in [0.1, 0.15) is 44.0 Å². The van der Waals surface area contributed by atoms with Gasteiger partial charge in [-0.25, -0.2) is 0 Å². The van der Waals surface area contributed by atoms with E-state index in [0.29, 0.717) is 37.2 Å². The van der Waals surface area contributed by atoms with Crippen molar-refractivity contribution in [2.45, 2.75) is 33.6 Å². The van der Waals surface area contributed by atoms with Crippen LogP contribution in [0, 0.1) is 0 Å². The fraction of sp³-hybridized carbons (Fsp3) is 0.471. The van der Waals surface area contributed by atoms with Gasteiger partial charge in [0.1, 0.15) is 0 Å². The van der Waals surface area contributed by atoms with E-state index in [-0.39, 0.29) is 12.5 Å². The molecule has 0 aliphatic rings. The summed E-state index contributed by atoms with van der Waals surface area (Å²) >= 11 is 0. The van der Waals surface area contributed by atoms with Crippen LogP contribution in [-0.2, 0) is 14.3 Å². The van der Waals surface area contributed by atoms with Crippen molar-refractivity contribution in [3.8, 4) is 0 Å². The third kappa shape index (κ3) is 6.10. The van der Waals surface area contributed by atoms with Crippen molar-refractivity contribution in [3.05, 3.63) is 29.8 Å². The predicted molar refractivity (Wildman–Crippen MR) is 88.2 cm³/mol. The molecule has 6 nitrogen and oxygen atoms in total. The van der Waals surface area contributed by atoms with Crippen LogP contribution >= 0.6 is 0 Å². The van der Waals surface area contributed by atoms with Crippen molar-refractivity contribution in [1.29, 1.82) is 0 Å². The van der Waals surface area contributed by atoms with Crippen LogP contribution in [0.25, 0.3) is 0 Å². The molecule has 0 bridgehead atoms. The lowest BCUT2D eigenvalue weighted by Crippen LogP contribution is -2.30. The molecule has 0 aromatic heterocycles. The van der Waals surface area contributed by atoms with Gasteiger partial charge in [-0.15, -0.1) is 0 Å². The molecule has 2 amide bonds. The highest BCUT2D eigenvalue weighted by Gasteiger charge is 2.13. The minimum Gasteiger partial charge on any atom is -0.456 e. The van der Waals surface area contributed by atoms with E-state index in [0.717, 1.165) is 0 Å². The Morgan fingerprint density at radius 2 is 1.83 bits per heavy atom.